The van der Waals surface area contributed by atoms with Crippen LogP contribution in [0.5, 0.6) is 0 Å². The van der Waals surface area contributed by atoms with Crippen molar-refractivity contribution in [2.75, 3.05) is 0 Å². The highest BCUT2D eigenvalue weighted by Gasteiger charge is 1.92. The Morgan fingerprint density at radius 1 is 0.412 bits per heavy atom. The van der Waals surface area contributed by atoms with E-state index < -0.39 is 0 Å². The van der Waals surface area contributed by atoms with Gasteiger partial charge in [0.1, 0.15) is 12.6 Å². The van der Waals surface area contributed by atoms with E-state index in [4.69, 9.17) is 0 Å². The fourth-order valence-corrected chi connectivity index (χ4v) is 4.93. The lowest BCUT2D eigenvalue weighted by Gasteiger charge is -1.91. The van der Waals surface area contributed by atoms with Crippen LogP contribution in [0.15, 0.2) is 204 Å². The van der Waals surface area contributed by atoms with E-state index in [0.29, 0.717) is 0 Å². The lowest BCUT2D eigenvalue weighted by Crippen LogP contribution is -1.93. The molecule has 51 heavy (non-hydrogen) atoms. The van der Waals surface area contributed by atoms with Crippen LogP contribution in [-0.2, 0) is 0 Å². The normalized spacial score (nSPS) is 10.0. The van der Waals surface area contributed by atoms with Gasteiger partial charge in [-0.1, -0.05) is 109 Å². The van der Waals surface area contributed by atoms with Gasteiger partial charge in [-0.15, -0.1) is 0 Å². The molecule has 246 valence electrons. The van der Waals surface area contributed by atoms with Gasteiger partial charge in [0.2, 0.25) is 0 Å². The van der Waals surface area contributed by atoms with Crippen LogP contribution >= 0.6 is 0 Å². The summed E-state index contributed by atoms with van der Waals surface area (Å²) in [5, 5.41) is 15.4. The van der Waals surface area contributed by atoms with Crippen LogP contribution in [-0.4, -0.2) is 30.1 Å². The second kappa shape index (κ2) is 17.8. The topological polar surface area (TPSA) is 108 Å². The molecule has 5 heterocycles. The van der Waals surface area contributed by atoms with Crippen molar-refractivity contribution in [3.63, 3.8) is 0 Å². The van der Waals surface area contributed by atoms with Crippen LogP contribution < -0.4 is 5.63 Å². The molecule has 8 nitrogen and oxygen atoms in total. The van der Waals surface area contributed by atoms with E-state index in [9.17, 15) is 4.79 Å². The van der Waals surface area contributed by atoms with E-state index in [0.717, 1.165) is 38.1 Å². The molecular formula is C43H32N6O2. The summed E-state index contributed by atoms with van der Waals surface area (Å²) in [5.41, 5.74) is 2.70. The molecule has 0 bridgehead atoms. The second-order valence-corrected chi connectivity index (χ2v) is 10.9. The quantitative estimate of drug-likeness (QED) is 0.158. The number of hydrogen-bond donors (Lipinski definition) is 0. The van der Waals surface area contributed by atoms with E-state index in [1.54, 1.807) is 12.5 Å². The molecule has 5 aromatic heterocycles. The molecule has 0 saturated heterocycles. The highest BCUT2D eigenvalue weighted by molar-refractivity contribution is 5.82. The van der Waals surface area contributed by atoms with E-state index in [1.165, 1.54) is 28.5 Å². The van der Waals surface area contributed by atoms with Crippen LogP contribution in [0.25, 0.3) is 54.3 Å². The zero-order chi connectivity index (χ0) is 34.9. The summed E-state index contributed by atoms with van der Waals surface area (Å²) in [6.07, 6.45) is 12.0. The van der Waals surface area contributed by atoms with Gasteiger partial charge in [0.05, 0.1) is 22.7 Å². The molecule has 8 heteroatoms. The predicted octanol–water partition coefficient (Wildman–Crippen LogP) is 9.52. The molecule has 0 fully saturated rings. The van der Waals surface area contributed by atoms with Crippen molar-refractivity contribution in [2.24, 2.45) is 0 Å². The smallest absolute Gasteiger partial charge is 0.336 e. The third kappa shape index (κ3) is 9.91. The maximum absolute atomic E-state index is 10.7. The first-order chi connectivity index (χ1) is 25.2. The average Bonchev–Trinajstić information content (AvgIpc) is 3.22. The van der Waals surface area contributed by atoms with Gasteiger partial charge in [0.25, 0.3) is 0 Å². The number of rotatable bonds is 0. The van der Waals surface area contributed by atoms with Gasteiger partial charge in [0.15, 0.2) is 0 Å². The Balaban J connectivity index is 0.000000110. The third-order valence-electron chi connectivity index (χ3n) is 7.47. The summed E-state index contributed by atoms with van der Waals surface area (Å²) in [7, 11) is 0. The number of fused-ring (bicyclic) bond motifs is 5. The Morgan fingerprint density at radius 2 is 0.961 bits per heavy atom. The van der Waals surface area contributed by atoms with Crippen molar-refractivity contribution in [2.45, 2.75) is 0 Å². The van der Waals surface area contributed by atoms with Gasteiger partial charge in [-0.05, 0) is 52.6 Å². The maximum atomic E-state index is 10.7. The molecule has 5 aromatic carbocycles. The first-order valence-corrected chi connectivity index (χ1v) is 16.1. The van der Waals surface area contributed by atoms with Crippen LogP contribution in [0.3, 0.4) is 0 Å². The number of para-hydroxylation sites is 2. The van der Waals surface area contributed by atoms with Crippen molar-refractivity contribution < 1.29 is 4.42 Å². The SMILES string of the molecule is O=c1cc2ccccc2co1.c1ccc2cnccc2c1.c1ccc2ncccc2c1.c1ccc2ncncc2c1.c1ccc2nnccc2c1. The average molecular weight is 665 g/mol. The fraction of sp³-hybridized carbons (Fsp3) is 0. The Labute approximate surface area is 293 Å². The van der Waals surface area contributed by atoms with E-state index in [1.807, 2.05) is 146 Å². The summed E-state index contributed by atoms with van der Waals surface area (Å²) in [6, 6.07) is 49.1. The number of pyridine rings is 2. The van der Waals surface area contributed by atoms with Gasteiger partial charge >= 0.3 is 5.63 Å². The number of benzene rings is 5. The number of aromatic nitrogens is 6. The molecule has 0 aliphatic heterocycles. The van der Waals surface area contributed by atoms with Gasteiger partial charge in [-0.25, -0.2) is 14.8 Å². The molecule has 0 aliphatic rings. The van der Waals surface area contributed by atoms with E-state index in [-0.39, 0.29) is 5.63 Å². The zero-order valence-electron chi connectivity index (χ0n) is 27.5. The van der Waals surface area contributed by atoms with Gasteiger partial charge < -0.3 is 4.42 Å². The van der Waals surface area contributed by atoms with Gasteiger partial charge in [-0.3, -0.25) is 9.97 Å². The molecule has 0 spiro atoms. The zero-order valence-corrected chi connectivity index (χ0v) is 27.5. The number of nitrogens with zero attached hydrogens (tertiary/aromatic N) is 6. The molecule has 0 radical (unpaired) electrons. The van der Waals surface area contributed by atoms with Crippen LogP contribution in [0.1, 0.15) is 0 Å². The van der Waals surface area contributed by atoms with Gasteiger partial charge in [0, 0.05) is 52.4 Å². The maximum Gasteiger partial charge on any atom is 0.336 e. The van der Waals surface area contributed by atoms with Crippen molar-refractivity contribution in [3.05, 3.63) is 206 Å². The highest BCUT2D eigenvalue weighted by Crippen LogP contribution is 2.11. The van der Waals surface area contributed by atoms with Crippen LogP contribution in [0, 0.1) is 0 Å². The summed E-state index contributed by atoms with van der Waals surface area (Å²) >= 11 is 0. The van der Waals surface area contributed by atoms with Crippen molar-refractivity contribution >= 4 is 54.3 Å². The lowest BCUT2D eigenvalue weighted by molar-refractivity contribution is 0.518. The first-order valence-electron chi connectivity index (χ1n) is 16.1. The molecule has 0 saturated carbocycles. The molecule has 10 aromatic rings. The summed E-state index contributed by atoms with van der Waals surface area (Å²) in [6.45, 7) is 0. The van der Waals surface area contributed by atoms with Gasteiger partial charge in [-0.2, -0.15) is 10.2 Å². The summed E-state index contributed by atoms with van der Waals surface area (Å²) < 4.78 is 4.68. The molecule has 0 N–H and O–H groups in total. The molecule has 10 rings (SSSR count). The Morgan fingerprint density at radius 3 is 1.67 bits per heavy atom. The van der Waals surface area contributed by atoms with Crippen molar-refractivity contribution in [1.29, 1.82) is 0 Å². The summed E-state index contributed by atoms with van der Waals surface area (Å²) in [5.74, 6) is 0. The highest BCUT2D eigenvalue weighted by atomic mass is 16.4. The molecule has 0 unspecified atom stereocenters. The lowest BCUT2D eigenvalue weighted by atomic mass is 10.2. The largest absolute Gasteiger partial charge is 0.431 e. The standard InChI is InChI=1S/2C9H7N.C9H6O2.2C8H6N2/c1-2-6-9-8(4-1)5-3-7-10-9;1-2-4-9-7-10-6-5-8(9)3-1;10-9-5-7-3-1-2-4-8(7)6-11-9;1-2-4-8-7(3-1)5-9-6-10-8;1-2-4-8-7(3-1)5-6-9-10-8/h2*1-7H;1-6H;2*1-6H. The molecule has 0 amide bonds. The summed E-state index contributed by atoms with van der Waals surface area (Å²) in [4.78, 5) is 26.9. The second-order valence-electron chi connectivity index (χ2n) is 10.9. The minimum atomic E-state index is -0.302. The minimum Gasteiger partial charge on any atom is -0.431 e. The Bertz CT molecular complexity index is 2120. The van der Waals surface area contributed by atoms with Crippen molar-refractivity contribution in [1.82, 2.24) is 30.1 Å². The monoisotopic (exact) mass is 664 g/mol. The van der Waals surface area contributed by atoms with Crippen molar-refractivity contribution in [3.8, 4) is 0 Å². The fourth-order valence-electron chi connectivity index (χ4n) is 4.93. The minimum absolute atomic E-state index is 0.302. The third-order valence-corrected chi connectivity index (χ3v) is 7.47. The Kier molecular flexibility index (Phi) is 11.8. The van der Waals surface area contributed by atoms with Crippen LogP contribution in [0.4, 0.5) is 0 Å². The molecule has 0 atom stereocenters. The number of hydrogen-bond acceptors (Lipinski definition) is 8. The predicted molar refractivity (Wildman–Crippen MR) is 205 cm³/mol. The molecule has 0 aliphatic carbocycles. The van der Waals surface area contributed by atoms with E-state index >= 15 is 0 Å². The van der Waals surface area contributed by atoms with Crippen LogP contribution in [0.2, 0.25) is 0 Å². The molecular weight excluding hydrogens is 633 g/mol. The first kappa shape index (κ1) is 33.7. The van der Waals surface area contributed by atoms with E-state index in [2.05, 4.69) is 58.8 Å². The Hall–Kier alpha value is -7.19.